The minimum Gasteiger partial charge on any atom is -0.286 e. The fraction of sp³-hybridized carbons (Fsp3) is 0.462. The van der Waals surface area contributed by atoms with Gasteiger partial charge in [-0.2, -0.15) is 0 Å². The molecule has 1 aromatic carbocycles. The predicted molar refractivity (Wildman–Crippen MR) is 63.2 cm³/mol. The Hall–Kier alpha value is -1.49. The number of halogens is 2. The number of hydrogen-bond acceptors (Lipinski definition) is 2. The molecule has 0 spiro atoms. The van der Waals surface area contributed by atoms with Crippen LogP contribution in [0.15, 0.2) is 30.3 Å². The Labute approximate surface area is 105 Å². The first-order valence-corrected chi connectivity index (χ1v) is 5.59. The molecule has 0 unspecified atom stereocenters. The van der Waals surface area contributed by atoms with Crippen molar-refractivity contribution in [3.05, 3.63) is 35.9 Å². The number of hydroxylamine groups is 2. The van der Waals surface area contributed by atoms with Crippen molar-refractivity contribution in [2.45, 2.75) is 33.2 Å². The van der Waals surface area contributed by atoms with Gasteiger partial charge in [-0.15, -0.1) is 0 Å². The summed E-state index contributed by atoms with van der Waals surface area (Å²) in [4.78, 5) is 11.8. The number of hydrogen-bond donors (Lipinski definition) is 1. The van der Waals surface area contributed by atoms with Gasteiger partial charge in [0.05, 0.1) is 6.54 Å². The van der Waals surface area contributed by atoms with Crippen LogP contribution in [0.2, 0.25) is 0 Å². The molecule has 0 bridgehead atoms. The Morgan fingerprint density at radius 2 is 1.72 bits per heavy atom. The van der Waals surface area contributed by atoms with Gasteiger partial charge < -0.3 is 0 Å². The lowest BCUT2D eigenvalue weighted by atomic mass is 9.85. The Kier molecular flexibility index (Phi) is 4.06. The molecule has 18 heavy (non-hydrogen) atoms. The second-order valence-electron chi connectivity index (χ2n) is 4.86. The molecule has 0 radical (unpaired) electrons. The topological polar surface area (TPSA) is 40.5 Å². The average molecular weight is 257 g/mol. The fourth-order valence-electron chi connectivity index (χ4n) is 1.34. The molecule has 0 aliphatic heterocycles. The zero-order valence-corrected chi connectivity index (χ0v) is 10.7. The number of nitrogens with zero attached hydrogens (tertiary/aromatic N) is 1. The molecule has 100 valence electrons. The van der Waals surface area contributed by atoms with Gasteiger partial charge >= 0.3 is 0 Å². The van der Waals surface area contributed by atoms with Gasteiger partial charge in [-0.25, -0.2) is 13.8 Å². The minimum atomic E-state index is -3.21. The highest BCUT2D eigenvalue weighted by atomic mass is 19.3. The van der Waals surface area contributed by atoms with Crippen molar-refractivity contribution in [1.82, 2.24) is 5.06 Å². The largest absolute Gasteiger partial charge is 0.286 e. The molecule has 0 fully saturated rings. The highest BCUT2D eigenvalue weighted by Crippen LogP contribution is 2.37. The van der Waals surface area contributed by atoms with Crippen LogP contribution in [0.4, 0.5) is 8.78 Å². The van der Waals surface area contributed by atoms with E-state index >= 15 is 0 Å². The standard InChI is InChI=1S/C13H17F2NO2/c1-12(2,13(3,14)15)11(17)16(18)9-10-7-5-4-6-8-10/h4-8,18H,9H2,1-3H3. The van der Waals surface area contributed by atoms with Gasteiger partial charge in [-0.1, -0.05) is 30.3 Å². The van der Waals surface area contributed by atoms with E-state index in [2.05, 4.69) is 0 Å². The Morgan fingerprint density at radius 3 is 2.17 bits per heavy atom. The van der Waals surface area contributed by atoms with Crippen molar-refractivity contribution in [2.24, 2.45) is 5.41 Å². The number of carbonyl (C=O) groups is 1. The van der Waals surface area contributed by atoms with E-state index in [9.17, 15) is 18.8 Å². The Balaban J connectivity index is 2.80. The molecule has 0 aliphatic carbocycles. The third-order valence-electron chi connectivity index (χ3n) is 3.04. The molecule has 5 heteroatoms. The van der Waals surface area contributed by atoms with Crippen LogP contribution in [-0.4, -0.2) is 22.1 Å². The lowest BCUT2D eigenvalue weighted by Gasteiger charge is -2.32. The first-order chi connectivity index (χ1) is 8.16. The molecule has 1 rings (SSSR count). The first-order valence-electron chi connectivity index (χ1n) is 5.59. The van der Waals surface area contributed by atoms with Crippen LogP contribution in [0.3, 0.4) is 0 Å². The molecule has 0 saturated heterocycles. The summed E-state index contributed by atoms with van der Waals surface area (Å²) in [5.74, 6) is -4.21. The predicted octanol–water partition coefficient (Wildman–Crippen LogP) is 3.09. The lowest BCUT2D eigenvalue weighted by molar-refractivity contribution is -0.196. The summed E-state index contributed by atoms with van der Waals surface area (Å²) >= 11 is 0. The highest BCUT2D eigenvalue weighted by Gasteiger charge is 2.49. The summed E-state index contributed by atoms with van der Waals surface area (Å²) in [6.07, 6.45) is 0. The summed E-state index contributed by atoms with van der Waals surface area (Å²) < 4.78 is 26.6. The molecule has 3 nitrogen and oxygen atoms in total. The van der Waals surface area contributed by atoms with Crippen LogP contribution < -0.4 is 0 Å². The van der Waals surface area contributed by atoms with E-state index in [1.165, 1.54) is 0 Å². The van der Waals surface area contributed by atoms with E-state index in [1.807, 2.05) is 0 Å². The number of alkyl halides is 2. The van der Waals surface area contributed by atoms with Crippen molar-refractivity contribution in [1.29, 1.82) is 0 Å². The third-order valence-corrected chi connectivity index (χ3v) is 3.04. The van der Waals surface area contributed by atoms with Crippen molar-refractivity contribution >= 4 is 5.91 Å². The van der Waals surface area contributed by atoms with Crippen LogP contribution in [-0.2, 0) is 11.3 Å². The molecule has 1 aromatic rings. The maximum atomic E-state index is 13.3. The van der Waals surface area contributed by atoms with Gasteiger partial charge in [0.2, 0.25) is 0 Å². The van der Waals surface area contributed by atoms with Crippen molar-refractivity contribution in [3.8, 4) is 0 Å². The van der Waals surface area contributed by atoms with Crippen LogP contribution in [0, 0.1) is 5.41 Å². The van der Waals surface area contributed by atoms with Gasteiger partial charge in [0.1, 0.15) is 5.41 Å². The smallest absolute Gasteiger partial charge is 0.259 e. The monoisotopic (exact) mass is 257 g/mol. The summed E-state index contributed by atoms with van der Waals surface area (Å²) in [7, 11) is 0. The zero-order valence-electron chi connectivity index (χ0n) is 10.7. The fourth-order valence-corrected chi connectivity index (χ4v) is 1.34. The van der Waals surface area contributed by atoms with E-state index in [4.69, 9.17) is 0 Å². The van der Waals surface area contributed by atoms with Crippen LogP contribution in [0.1, 0.15) is 26.3 Å². The molecule has 1 amide bonds. The summed E-state index contributed by atoms with van der Waals surface area (Å²) in [5, 5.41) is 9.96. The van der Waals surface area contributed by atoms with E-state index in [0.717, 1.165) is 13.8 Å². The van der Waals surface area contributed by atoms with E-state index in [1.54, 1.807) is 30.3 Å². The second-order valence-corrected chi connectivity index (χ2v) is 4.86. The molecule has 0 aromatic heterocycles. The van der Waals surface area contributed by atoms with E-state index < -0.39 is 17.2 Å². The van der Waals surface area contributed by atoms with Gasteiger partial charge in [0.25, 0.3) is 11.8 Å². The van der Waals surface area contributed by atoms with Gasteiger partial charge in [-0.05, 0) is 19.4 Å². The quantitative estimate of drug-likeness (QED) is 0.665. The lowest BCUT2D eigenvalue weighted by Crippen LogP contribution is -2.47. The second kappa shape index (κ2) is 5.02. The van der Waals surface area contributed by atoms with Crippen LogP contribution >= 0.6 is 0 Å². The number of benzene rings is 1. The van der Waals surface area contributed by atoms with Gasteiger partial charge in [0.15, 0.2) is 0 Å². The molecular formula is C13H17F2NO2. The first kappa shape index (κ1) is 14.6. The number of rotatable bonds is 4. The molecule has 0 aliphatic rings. The Bertz CT molecular complexity index is 413. The van der Waals surface area contributed by atoms with Crippen molar-refractivity contribution < 1.29 is 18.8 Å². The minimum absolute atomic E-state index is 0.112. The average Bonchev–Trinajstić information content (AvgIpc) is 2.27. The molecule has 0 saturated carbocycles. The van der Waals surface area contributed by atoms with Crippen LogP contribution in [0.5, 0.6) is 0 Å². The number of carbonyl (C=O) groups excluding carboxylic acids is 1. The van der Waals surface area contributed by atoms with E-state index in [-0.39, 0.29) is 6.54 Å². The van der Waals surface area contributed by atoms with Crippen LogP contribution in [0.25, 0.3) is 0 Å². The normalized spacial score (nSPS) is 12.3. The maximum Gasteiger partial charge on any atom is 0.259 e. The molecular weight excluding hydrogens is 240 g/mol. The summed E-state index contributed by atoms with van der Waals surface area (Å²) in [6, 6.07) is 8.68. The maximum absolute atomic E-state index is 13.3. The zero-order chi connectivity index (χ0) is 14.0. The molecule has 1 N–H and O–H groups in total. The van der Waals surface area contributed by atoms with Gasteiger partial charge in [0, 0.05) is 6.92 Å². The highest BCUT2D eigenvalue weighted by molar-refractivity contribution is 5.81. The molecule has 0 heterocycles. The summed E-state index contributed by atoms with van der Waals surface area (Å²) in [5.41, 5.74) is -1.28. The molecule has 0 atom stereocenters. The Morgan fingerprint density at radius 1 is 1.22 bits per heavy atom. The van der Waals surface area contributed by atoms with E-state index in [0.29, 0.717) is 17.6 Å². The number of amides is 1. The van der Waals surface area contributed by atoms with Crippen molar-refractivity contribution in [2.75, 3.05) is 0 Å². The SMILES string of the molecule is CC(F)(F)C(C)(C)C(=O)N(O)Cc1ccccc1. The third kappa shape index (κ3) is 3.04. The van der Waals surface area contributed by atoms with Gasteiger partial charge in [-0.3, -0.25) is 10.0 Å². The summed E-state index contributed by atoms with van der Waals surface area (Å²) in [6.45, 7) is 2.79. The van der Waals surface area contributed by atoms with Crippen molar-refractivity contribution in [3.63, 3.8) is 0 Å².